The molecule has 0 saturated carbocycles. The summed E-state index contributed by atoms with van der Waals surface area (Å²) in [5.74, 6) is -0.260. The van der Waals surface area contributed by atoms with E-state index >= 15 is 0 Å². The molecule has 0 radical (unpaired) electrons. The van der Waals surface area contributed by atoms with Crippen LogP contribution < -0.4 is 0 Å². The minimum atomic E-state index is -0.260. The van der Waals surface area contributed by atoms with Gasteiger partial charge in [-0.2, -0.15) is 0 Å². The Labute approximate surface area is 58.8 Å². The largest absolute Gasteiger partial charge is 0.469 e. The first-order chi connectivity index (χ1) is 4.83. The molecule has 0 aromatic carbocycles. The molecule has 0 aromatic heterocycles. The van der Waals surface area contributed by atoms with E-state index in [1.165, 1.54) is 7.11 Å². The highest BCUT2D eigenvalue weighted by molar-refractivity contribution is 5.99. The second-order valence-electron chi connectivity index (χ2n) is 1.99. The van der Waals surface area contributed by atoms with Crippen molar-refractivity contribution >= 4 is 11.7 Å². The number of carbonyl (C=O) groups excluding carboxylic acids is 1. The molecular formula is C6H9NO3. The van der Waals surface area contributed by atoms with Crippen molar-refractivity contribution in [1.82, 2.24) is 0 Å². The van der Waals surface area contributed by atoms with Crippen LogP contribution in [-0.4, -0.2) is 25.4 Å². The number of nitrogens with zero attached hydrogens (tertiary/aromatic N) is 1. The van der Waals surface area contributed by atoms with Gasteiger partial charge in [0.05, 0.1) is 19.2 Å². The van der Waals surface area contributed by atoms with E-state index in [1.54, 1.807) is 0 Å². The van der Waals surface area contributed by atoms with Crippen LogP contribution in [0.5, 0.6) is 0 Å². The van der Waals surface area contributed by atoms with E-state index in [1.807, 2.05) is 0 Å². The predicted molar refractivity (Wildman–Crippen MR) is 34.6 cm³/mol. The summed E-state index contributed by atoms with van der Waals surface area (Å²) in [7, 11) is 1.36. The molecule has 0 aromatic rings. The first-order valence-corrected chi connectivity index (χ1v) is 3.07. The molecule has 0 fully saturated rings. The Morgan fingerprint density at radius 3 is 3.20 bits per heavy atom. The lowest BCUT2D eigenvalue weighted by Crippen LogP contribution is -2.07. The zero-order valence-corrected chi connectivity index (χ0v) is 5.79. The smallest absolute Gasteiger partial charge is 0.311 e. The van der Waals surface area contributed by atoms with Gasteiger partial charge >= 0.3 is 5.97 Å². The van der Waals surface area contributed by atoms with Gasteiger partial charge < -0.3 is 9.57 Å². The molecule has 0 atom stereocenters. The van der Waals surface area contributed by atoms with Crippen molar-refractivity contribution in [3.05, 3.63) is 0 Å². The van der Waals surface area contributed by atoms with E-state index in [0.717, 1.165) is 12.1 Å². The van der Waals surface area contributed by atoms with Gasteiger partial charge in [-0.3, -0.25) is 4.79 Å². The van der Waals surface area contributed by atoms with Crippen LogP contribution in [0.1, 0.15) is 12.8 Å². The summed E-state index contributed by atoms with van der Waals surface area (Å²) >= 11 is 0. The second-order valence-corrected chi connectivity index (χ2v) is 1.99. The monoisotopic (exact) mass is 143 g/mol. The standard InChI is InChI=1S/C6H9NO3/c1-9-6(8)4-5-2-3-10-7-5/h2-4H2,1H3. The zero-order chi connectivity index (χ0) is 7.40. The van der Waals surface area contributed by atoms with Gasteiger partial charge in [0.2, 0.25) is 0 Å². The van der Waals surface area contributed by atoms with Gasteiger partial charge in [-0.1, -0.05) is 5.16 Å². The maximum Gasteiger partial charge on any atom is 0.311 e. The van der Waals surface area contributed by atoms with Gasteiger partial charge in [0, 0.05) is 6.42 Å². The fourth-order valence-corrected chi connectivity index (χ4v) is 0.705. The molecule has 0 bridgehead atoms. The van der Waals surface area contributed by atoms with E-state index in [9.17, 15) is 4.79 Å². The molecule has 0 saturated heterocycles. The number of hydrogen-bond acceptors (Lipinski definition) is 4. The van der Waals surface area contributed by atoms with Gasteiger partial charge in [0.1, 0.15) is 6.61 Å². The number of rotatable bonds is 2. The molecule has 1 rings (SSSR count). The van der Waals surface area contributed by atoms with Crippen LogP contribution in [0.2, 0.25) is 0 Å². The fourth-order valence-electron chi connectivity index (χ4n) is 0.705. The van der Waals surface area contributed by atoms with Gasteiger partial charge in [0.25, 0.3) is 0 Å². The van der Waals surface area contributed by atoms with Crippen molar-refractivity contribution in [2.75, 3.05) is 13.7 Å². The Morgan fingerprint density at radius 2 is 2.70 bits per heavy atom. The summed E-state index contributed by atoms with van der Waals surface area (Å²) in [6, 6.07) is 0. The molecule has 4 nitrogen and oxygen atoms in total. The van der Waals surface area contributed by atoms with Crippen molar-refractivity contribution in [1.29, 1.82) is 0 Å². The molecule has 1 aliphatic heterocycles. The maximum atomic E-state index is 10.6. The minimum Gasteiger partial charge on any atom is -0.469 e. The van der Waals surface area contributed by atoms with Crippen LogP contribution in [0.3, 0.4) is 0 Å². The lowest BCUT2D eigenvalue weighted by molar-refractivity contribution is -0.139. The molecule has 0 spiro atoms. The molecule has 1 aliphatic rings. The maximum absolute atomic E-state index is 10.6. The third-order valence-electron chi connectivity index (χ3n) is 1.25. The molecule has 0 aliphatic carbocycles. The van der Waals surface area contributed by atoms with E-state index in [0.29, 0.717) is 6.61 Å². The minimum absolute atomic E-state index is 0.260. The Balaban J connectivity index is 2.30. The third-order valence-corrected chi connectivity index (χ3v) is 1.25. The summed E-state index contributed by atoms with van der Waals surface area (Å²) in [5.41, 5.74) is 0.770. The average Bonchev–Trinajstić information content (AvgIpc) is 2.40. The summed E-state index contributed by atoms with van der Waals surface area (Å²) in [5, 5.41) is 3.64. The molecule has 0 unspecified atom stereocenters. The lowest BCUT2D eigenvalue weighted by atomic mass is 10.2. The molecule has 10 heavy (non-hydrogen) atoms. The first kappa shape index (κ1) is 7.05. The molecular weight excluding hydrogens is 134 g/mol. The topological polar surface area (TPSA) is 47.9 Å². The van der Waals surface area contributed by atoms with E-state index in [2.05, 4.69) is 14.7 Å². The van der Waals surface area contributed by atoms with Crippen molar-refractivity contribution in [3.8, 4) is 0 Å². The van der Waals surface area contributed by atoms with Gasteiger partial charge in [-0.15, -0.1) is 0 Å². The third kappa shape index (κ3) is 1.72. The Morgan fingerprint density at radius 1 is 1.90 bits per heavy atom. The van der Waals surface area contributed by atoms with Crippen LogP contribution in [0.25, 0.3) is 0 Å². The van der Waals surface area contributed by atoms with Crippen molar-refractivity contribution in [2.45, 2.75) is 12.8 Å². The van der Waals surface area contributed by atoms with Crippen molar-refractivity contribution < 1.29 is 14.4 Å². The number of esters is 1. The summed E-state index contributed by atoms with van der Waals surface area (Å²) in [6.45, 7) is 0.590. The number of methoxy groups -OCH3 is 1. The second kappa shape index (κ2) is 3.20. The van der Waals surface area contributed by atoms with Crippen LogP contribution in [-0.2, 0) is 14.4 Å². The number of carbonyl (C=O) groups is 1. The van der Waals surface area contributed by atoms with Crippen LogP contribution in [0.4, 0.5) is 0 Å². The van der Waals surface area contributed by atoms with Gasteiger partial charge in [-0.05, 0) is 0 Å². The van der Waals surface area contributed by atoms with E-state index < -0.39 is 0 Å². The molecule has 4 heteroatoms. The van der Waals surface area contributed by atoms with Gasteiger partial charge in [-0.25, -0.2) is 0 Å². The molecule has 1 heterocycles. The highest BCUT2D eigenvalue weighted by atomic mass is 16.6. The van der Waals surface area contributed by atoms with Gasteiger partial charge in [0.15, 0.2) is 0 Å². The Hall–Kier alpha value is -1.06. The normalized spacial score (nSPS) is 15.9. The summed E-state index contributed by atoms with van der Waals surface area (Å²) < 4.78 is 4.44. The van der Waals surface area contributed by atoms with Crippen LogP contribution >= 0.6 is 0 Å². The molecule has 0 N–H and O–H groups in total. The molecule has 56 valence electrons. The highest BCUT2D eigenvalue weighted by Gasteiger charge is 2.12. The predicted octanol–water partition coefficient (Wildman–Crippen LogP) is 0.326. The first-order valence-electron chi connectivity index (χ1n) is 3.07. The highest BCUT2D eigenvalue weighted by Crippen LogP contribution is 2.03. The zero-order valence-electron chi connectivity index (χ0n) is 5.79. The van der Waals surface area contributed by atoms with Crippen molar-refractivity contribution in [2.24, 2.45) is 5.16 Å². The Bertz CT molecular complexity index is 164. The molecule has 0 amide bonds. The fraction of sp³-hybridized carbons (Fsp3) is 0.667. The van der Waals surface area contributed by atoms with Crippen molar-refractivity contribution in [3.63, 3.8) is 0 Å². The van der Waals surface area contributed by atoms with E-state index in [4.69, 9.17) is 0 Å². The summed E-state index contributed by atoms with van der Waals surface area (Å²) in [4.78, 5) is 15.3. The number of hydrogen-bond donors (Lipinski definition) is 0. The summed E-state index contributed by atoms with van der Waals surface area (Å²) in [6.07, 6.45) is 1.01. The SMILES string of the molecule is COC(=O)CC1=NOCC1. The quantitative estimate of drug-likeness (QED) is 0.523. The number of oxime groups is 1. The number of ether oxygens (including phenoxy) is 1. The lowest BCUT2D eigenvalue weighted by Gasteiger charge is -1.94. The van der Waals surface area contributed by atoms with E-state index in [-0.39, 0.29) is 12.4 Å². The van der Waals surface area contributed by atoms with Crippen LogP contribution in [0, 0.1) is 0 Å². The Kier molecular flexibility index (Phi) is 2.25. The average molecular weight is 143 g/mol. The van der Waals surface area contributed by atoms with Crippen LogP contribution in [0.15, 0.2) is 5.16 Å².